The van der Waals surface area contributed by atoms with Crippen LogP contribution in [0.5, 0.6) is 0 Å². The minimum Gasteiger partial charge on any atom is -0.311 e. The topological polar surface area (TPSA) is 30.7 Å². The van der Waals surface area contributed by atoms with E-state index >= 15 is 0 Å². The molecule has 0 amide bonds. The third-order valence-corrected chi connectivity index (χ3v) is 3.97. The van der Waals surface area contributed by atoms with Crippen LogP contribution in [0.1, 0.15) is 24.7 Å². The summed E-state index contributed by atoms with van der Waals surface area (Å²) in [5.74, 6) is 3.01. The van der Waals surface area contributed by atoms with Crippen molar-refractivity contribution in [3.05, 3.63) is 23.7 Å². The van der Waals surface area contributed by atoms with Gasteiger partial charge in [-0.05, 0) is 36.8 Å². The minimum absolute atomic E-state index is 0.455. The lowest BCUT2D eigenvalue weighted by atomic mass is 10.3. The summed E-state index contributed by atoms with van der Waals surface area (Å²) in [6.07, 6.45) is 3.16. The van der Waals surface area contributed by atoms with E-state index in [0.29, 0.717) is 5.88 Å². The lowest BCUT2D eigenvalue weighted by Gasteiger charge is -2.05. The fraction of sp³-hybridized carbons (Fsp3) is 0.538. The van der Waals surface area contributed by atoms with Crippen molar-refractivity contribution in [2.75, 3.05) is 0 Å². The molecule has 4 heteroatoms. The van der Waals surface area contributed by atoms with Crippen molar-refractivity contribution in [1.29, 1.82) is 0 Å². The van der Waals surface area contributed by atoms with Crippen LogP contribution < -0.4 is 0 Å². The molecule has 0 bridgehead atoms. The lowest BCUT2D eigenvalue weighted by Crippen LogP contribution is -2.05. The highest BCUT2D eigenvalue weighted by Gasteiger charge is 2.33. The summed E-state index contributed by atoms with van der Waals surface area (Å²) in [6.45, 7) is 5.37. The maximum atomic E-state index is 5.99. The van der Waals surface area contributed by atoms with E-state index in [1.54, 1.807) is 0 Å². The Kier molecular flexibility index (Phi) is 2.58. The van der Waals surface area contributed by atoms with Crippen molar-refractivity contribution in [2.24, 2.45) is 11.8 Å². The molecule has 0 N–H and O–H groups in total. The summed E-state index contributed by atoms with van der Waals surface area (Å²) in [5.41, 5.74) is 3.15. The number of halogens is 1. The molecule has 1 fully saturated rings. The number of hydrogen-bond donors (Lipinski definition) is 0. The van der Waals surface area contributed by atoms with Crippen LogP contribution in [0.15, 0.2) is 12.3 Å². The molecular formula is C13H16ClN3. The number of rotatable bonds is 3. The second-order valence-electron chi connectivity index (χ2n) is 5.05. The van der Waals surface area contributed by atoms with Crippen molar-refractivity contribution < 1.29 is 0 Å². The molecule has 0 spiro atoms. The Morgan fingerprint density at radius 1 is 1.53 bits per heavy atom. The average Bonchev–Trinajstić information content (AvgIpc) is 2.88. The normalized spacial score (nSPS) is 23.2. The Balaban J connectivity index is 2.10. The number of aryl methyl sites for hydroxylation is 1. The SMILES string of the molecule is Cc1ccnc2c1nc(CCl)n2CC1CC1C. The van der Waals surface area contributed by atoms with E-state index in [-0.39, 0.29) is 0 Å². The first kappa shape index (κ1) is 11.0. The Bertz CT molecular complexity index is 561. The molecule has 17 heavy (non-hydrogen) atoms. The smallest absolute Gasteiger partial charge is 0.160 e. The molecule has 0 saturated heterocycles. The van der Waals surface area contributed by atoms with Gasteiger partial charge in [-0.3, -0.25) is 0 Å². The first-order valence-electron chi connectivity index (χ1n) is 6.07. The zero-order valence-electron chi connectivity index (χ0n) is 10.2. The van der Waals surface area contributed by atoms with Gasteiger partial charge in [-0.2, -0.15) is 0 Å². The van der Waals surface area contributed by atoms with Crippen molar-refractivity contribution in [3.63, 3.8) is 0 Å². The molecule has 2 heterocycles. The number of imidazole rings is 1. The first-order valence-corrected chi connectivity index (χ1v) is 6.61. The monoisotopic (exact) mass is 249 g/mol. The van der Waals surface area contributed by atoms with E-state index in [4.69, 9.17) is 11.6 Å². The van der Waals surface area contributed by atoms with E-state index in [1.165, 1.54) is 12.0 Å². The van der Waals surface area contributed by atoms with Crippen molar-refractivity contribution in [2.45, 2.75) is 32.7 Å². The third-order valence-electron chi connectivity index (χ3n) is 3.73. The number of nitrogens with zero attached hydrogens (tertiary/aromatic N) is 3. The number of alkyl halides is 1. The second-order valence-corrected chi connectivity index (χ2v) is 5.31. The van der Waals surface area contributed by atoms with Gasteiger partial charge in [0.05, 0.1) is 5.88 Å². The highest BCUT2D eigenvalue weighted by molar-refractivity contribution is 6.16. The molecule has 0 aromatic carbocycles. The van der Waals surface area contributed by atoms with Gasteiger partial charge in [0.25, 0.3) is 0 Å². The molecule has 2 aromatic rings. The van der Waals surface area contributed by atoms with E-state index in [2.05, 4.69) is 28.4 Å². The Hall–Kier alpha value is -1.09. The summed E-state index contributed by atoms with van der Waals surface area (Å²) in [6, 6.07) is 2.00. The van der Waals surface area contributed by atoms with E-state index < -0.39 is 0 Å². The summed E-state index contributed by atoms with van der Waals surface area (Å²) in [5, 5.41) is 0. The maximum absolute atomic E-state index is 5.99. The predicted molar refractivity (Wildman–Crippen MR) is 69.1 cm³/mol. The zero-order valence-corrected chi connectivity index (χ0v) is 10.9. The molecule has 2 aromatic heterocycles. The largest absolute Gasteiger partial charge is 0.311 e. The zero-order chi connectivity index (χ0) is 12.0. The van der Waals surface area contributed by atoms with E-state index in [0.717, 1.165) is 35.4 Å². The number of aromatic nitrogens is 3. The fourth-order valence-electron chi connectivity index (χ4n) is 2.37. The molecular weight excluding hydrogens is 234 g/mol. The molecule has 1 aliphatic carbocycles. The van der Waals surface area contributed by atoms with Crippen molar-refractivity contribution in [1.82, 2.24) is 14.5 Å². The van der Waals surface area contributed by atoms with Crippen LogP contribution in [0.25, 0.3) is 11.2 Å². The van der Waals surface area contributed by atoms with Crippen LogP contribution in [0.3, 0.4) is 0 Å². The van der Waals surface area contributed by atoms with Gasteiger partial charge in [0.2, 0.25) is 0 Å². The number of pyridine rings is 1. The van der Waals surface area contributed by atoms with Gasteiger partial charge in [-0.25, -0.2) is 9.97 Å². The summed E-state index contributed by atoms with van der Waals surface area (Å²) >= 11 is 5.99. The fourth-order valence-corrected chi connectivity index (χ4v) is 2.57. The standard InChI is InChI=1S/C13H16ClN3/c1-8-3-4-15-13-12(8)16-11(6-14)17(13)7-10-5-9(10)2/h3-4,9-10H,5-7H2,1-2H3. The second kappa shape index (κ2) is 3.98. The number of fused-ring (bicyclic) bond motifs is 1. The van der Waals surface area contributed by atoms with Gasteiger partial charge in [-0.15, -0.1) is 11.6 Å². The van der Waals surface area contributed by atoms with Gasteiger partial charge in [0.1, 0.15) is 11.3 Å². The molecule has 3 nitrogen and oxygen atoms in total. The molecule has 3 rings (SSSR count). The van der Waals surface area contributed by atoms with Gasteiger partial charge >= 0.3 is 0 Å². The van der Waals surface area contributed by atoms with Crippen LogP contribution in [0.2, 0.25) is 0 Å². The molecule has 1 saturated carbocycles. The number of hydrogen-bond acceptors (Lipinski definition) is 2. The van der Waals surface area contributed by atoms with Gasteiger partial charge in [0, 0.05) is 12.7 Å². The quantitative estimate of drug-likeness (QED) is 0.783. The van der Waals surface area contributed by atoms with Crippen LogP contribution in [0, 0.1) is 18.8 Å². The Labute approximate surface area is 106 Å². The van der Waals surface area contributed by atoms with Gasteiger partial charge in [0.15, 0.2) is 5.65 Å². The Morgan fingerprint density at radius 3 is 2.94 bits per heavy atom. The molecule has 0 aliphatic heterocycles. The highest BCUT2D eigenvalue weighted by Crippen LogP contribution is 2.39. The van der Waals surface area contributed by atoms with E-state index in [9.17, 15) is 0 Å². The lowest BCUT2D eigenvalue weighted by molar-refractivity contribution is 0.588. The summed E-state index contributed by atoms with van der Waals surface area (Å²) < 4.78 is 2.20. The van der Waals surface area contributed by atoms with Gasteiger partial charge < -0.3 is 4.57 Å². The van der Waals surface area contributed by atoms with Crippen LogP contribution >= 0.6 is 11.6 Å². The molecule has 1 aliphatic rings. The molecule has 2 unspecified atom stereocenters. The highest BCUT2D eigenvalue weighted by atomic mass is 35.5. The predicted octanol–water partition coefficient (Wildman–Crippen LogP) is 3.13. The van der Waals surface area contributed by atoms with Crippen LogP contribution in [0.4, 0.5) is 0 Å². The van der Waals surface area contributed by atoms with Crippen molar-refractivity contribution in [3.8, 4) is 0 Å². The minimum atomic E-state index is 0.455. The van der Waals surface area contributed by atoms with E-state index in [1.807, 2.05) is 12.3 Å². The van der Waals surface area contributed by atoms with Crippen LogP contribution in [-0.4, -0.2) is 14.5 Å². The molecule has 90 valence electrons. The third kappa shape index (κ3) is 1.82. The summed E-state index contributed by atoms with van der Waals surface area (Å²) in [7, 11) is 0. The average molecular weight is 250 g/mol. The Morgan fingerprint density at radius 2 is 2.29 bits per heavy atom. The van der Waals surface area contributed by atoms with Gasteiger partial charge in [-0.1, -0.05) is 6.92 Å². The first-order chi connectivity index (χ1) is 8.20. The molecule has 0 radical (unpaired) electrons. The van der Waals surface area contributed by atoms with Crippen LogP contribution in [-0.2, 0) is 12.4 Å². The van der Waals surface area contributed by atoms with Crippen molar-refractivity contribution >= 4 is 22.8 Å². The summed E-state index contributed by atoms with van der Waals surface area (Å²) in [4.78, 5) is 9.06. The maximum Gasteiger partial charge on any atom is 0.160 e. The molecule has 2 atom stereocenters.